The second-order valence-corrected chi connectivity index (χ2v) is 9.80. The summed E-state index contributed by atoms with van der Waals surface area (Å²) in [6, 6.07) is 15.3. The van der Waals surface area contributed by atoms with E-state index in [0.29, 0.717) is 19.6 Å². The maximum atomic E-state index is 13.8. The molecule has 7 heteroatoms. The van der Waals surface area contributed by atoms with Crippen LogP contribution >= 0.6 is 11.8 Å². The fraction of sp³-hybridized carbons (Fsp3) is 0.407. The number of thioether (sulfide) groups is 1. The number of nitrogens with zero attached hydrogens (tertiary/aromatic N) is 2. The summed E-state index contributed by atoms with van der Waals surface area (Å²) in [5.41, 5.74) is 3.84. The molecule has 0 aliphatic carbocycles. The highest BCUT2D eigenvalue weighted by molar-refractivity contribution is 8.00. The molecule has 0 spiro atoms. The Kier molecular flexibility index (Phi) is 7.63. The van der Waals surface area contributed by atoms with Crippen molar-refractivity contribution in [1.29, 1.82) is 0 Å². The highest BCUT2D eigenvalue weighted by Gasteiger charge is 2.39. The first-order chi connectivity index (χ1) is 16.4. The molecule has 180 valence electrons. The van der Waals surface area contributed by atoms with E-state index in [0.717, 1.165) is 39.2 Å². The zero-order chi connectivity index (χ0) is 24.2. The van der Waals surface area contributed by atoms with Crippen LogP contribution < -0.4 is 10.2 Å². The zero-order valence-electron chi connectivity index (χ0n) is 20.3. The number of benzene rings is 2. The van der Waals surface area contributed by atoms with Crippen LogP contribution in [-0.4, -0.2) is 41.4 Å². The number of aromatic nitrogens is 1. The van der Waals surface area contributed by atoms with Crippen LogP contribution in [0.1, 0.15) is 44.4 Å². The molecule has 1 aromatic heterocycles. The Labute approximate surface area is 205 Å². The first-order valence-electron chi connectivity index (χ1n) is 11.9. The van der Waals surface area contributed by atoms with Crippen molar-refractivity contribution in [3.05, 3.63) is 59.7 Å². The fourth-order valence-electron chi connectivity index (χ4n) is 4.48. The number of ether oxygens (including phenoxy) is 1. The molecule has 4 rings (SSSR count). The molecule has 1 aliphatic heterocycles. The molecule has 0 saturated heterocycles. The highest BCUT2D eigenvalue weighted by atomic mass is 32.2. The molecule has 0 radical (unpaired) electrons. The van der Waals surface area contributed by atoms with Crippen LogP contribution in [0.15, 0.2) is 53.6 Å². The van der Waals surface area contributed by atoms with E-state index in [1.165, 1.54) is 11.8 Å². The standard InChI is InChI=1S/C27H33N3O3S/c1-5-19-10-8-11-20(16-19)30-23(31)17-34-27-24(21-12-6-7-13-22(21)29(27)4)25(30)26(32)28-14-9-15-33-18(2)3/h6-8,10-13,16,18,25H,5,9,14-15,17H2,1-4H3,(H,28,32). The topological polar surface area (TPSA) is 63.6 Å². The molecular formula is C27H33N3O3S. The first kappa shape index (κ1) is 24.4. The molecule has 6 nitrogen and oxygen atoms in total. The molecule has 3 aromatic rings. The fourth-order valence-corrected chi connectivity index (χ4v) is 5.55. The maximum absolute atomic E-state index is 13.8. The number of carbonyl (C=O) groups excluding carboxylic acids is 2. The number of para-hydroxylation sites is 1. The molecule has 34 heavy (non-hydrogen) atoms. The molecule has 0 fully saturated rings. The van der Waals surface area contributed by atoms with Crippen molar-refractivity contribution in [1.82, 2.24) is 9.88 Å². The number of anilines is 1. The van der Waals surface area contributed by atoms with E-state index in [4.69, 9.17) is 4.74 Å². The van der Waals surface area contributed by atoms with Gasteiger partial charge < -0.3 is 14.6 Å². The molecule has 2 amide bonds. The Morgan fingerprint density at radius 1 is 1.21 bits per heavy atom. The molecule has 1 unspecified atom stereocenters. The maximum Gasteiger partial charge on any atom is 0.247 e. The van der Waals surface area contributed by atoms with Crippen molar-refractivity contribution >= 4 is 40.2 Å². The molecule has 0 bridgehead atoms. The van der Waals surface area contributed by atoms with Gasteiger partial charge in [-0.2, -0.15) is 0 Å². The van der Waals surface area contributed by atoms with Crippen molar-refractivity contribution in [2.45, 2.75) is 50.8 Å². The van der Waals surface area contributed by atoms with Crippen molar-refractivity contribution in [3.8, 4) is 0 Å². The lowest BCUT2D eigenvalue weighted by atomic mass is 10.0. The number of carbonyl (C=O) groups is 2. The Balaban J connectivity index is 1.77. The normalized spacial score (nSPS) is 16.1. The summed E-state index contributed by atoms with van der Waals surface area (Å²) >= 11 is 1.51. The number of aryl methyl sites for hydroxylation is 2. The third kappa shape index (κ3) is 4.86. The predicted octanol–water partition coefficient (Wildman–Crippen LogP) is 4.85. The van der Waals surface area contributed by atoms with E-state index in [9.17, 15) is 9.59 Å². The van der Waals surface area contributed by atoms with Gasteiger partial charge in [0.15, 0.2) is 0 Å². The van der Waals surface area contributed by atoms with Gasteiger partial charge >= 0.3 is 0 Å². The van der Waals surface area contributed by atoms with E-state index < -0.39 is 6.04 Å². The van der Waals surface area contributed by atoms with Crippen molar-refractivity contribution in [2.24, 2.45) is 7.05 Å². The third-order valence-corrected chi connectivity index (χ3v) is 7.30. The van der Waals surface area contributed by atoms with Crippen LogP contribution in [0, 0.1) is 0 Å². The van der Waals surface area contributed by atoms with Crippen LogP contribution in [0.5, 0.6) is 0 Å². The van der Waals surface area contributed by atoms with Gasteiger partial charge in [0.1, 0.15) is 6.04 Å². The lowest BCUT2D eigenvalue weighted by molar-refractivity contribution is -0.125. The number of hydrogen-bond donors (Lipinski definition) is 1. The summed E-state index contributed by atoms with van der Waals surface area (Å²) in [4.78, 5) is 29.0. The summed E-state index contributed by atoms with van der Waals surface area (Å²) in [6.45, 7) is 7.16. The summed E-state index contributed by atoms with van der Waals surface area (Å²) in [5.74, 6) is 0.0428. The van der Waals surface area contributed by atoms with Crippen LogP contribution in [0.3, 0.4) is 0 Å². The summed E-state index contributed by atoms with van der Waals surface area (Å²) in [7, 11) is 2.00. The van der Waals surface area contributed by atoms with E-state index in [1.54, 1.807) is 4.90 Å². The molecule has 1 aliphatic rings. The largest absolute Gasteiger partial charge is 0.379 e. The average molecular weight is 480 g/mol. The lowest BCUT2D eigenvalue weighted by Gasteiger charge is -2.30. The number of rotatable bonds is 8. The smallest absolute Gasteiger partial charge is 0.247 e. The Morgan fingerprint density at radius 2 is 2.00 bits per heavy atom. The Morgan fingerprint density at radius 3 is 2.76 bits per heavy atom. The van der Waals surface area contributed by atoms with E-state index in [1.807, 2.05) is 63.4 Å². The summed E-state index contributed by atoms with van der Waals surface area (Å²) in [5, 5.41) is 5.05. The molecule has 2 heterocycles. The minimum Gasteiger partial charge on any atom is -0.379 e. The number of nitrogens with one attached hydrogen (secondary N) is 1. The van der Waals surface area contributed by atoms with Gasteiger partial charge in [0, 0.05) is 42.4 Å². The van der Waals surface area contributed by atoms with Crippen LogP contribution in [0.4, 0.5) is 5.69 Å². The molecule has 1 atom stereocenters. The van der Waals surface area contributed by atoms with Gasteiger partial charge in [0.2, 0.25) is 11.8 Å². The minimum atomic E-state index is -0.748. The number of hydrogen-bond acceptors (Lipinski definition) is 4. The van der Waals surface area contributed by atoms with E-state index in [-0.39, 0.29) is 23.7 Å². The lowest BCUT2D eigenvalue weighted by Crippen LogP contribution is -2.44. The van der Waals surface area contributed by atoms with Gasteiger partial charge in [-0.15, -0.1) is 0 Å². The minimum absolute atomic E-state index is 0.0678. The number of amides is 2. The highest BCUT2D eigenvalue weighted by Crippen LogP contribution is 2.43. The van der Waals surface area contributed by atoms with Gasteiger partial charge in [-0.3, -0.25) is 14.5 Å². The Hall–Kier alpha value is -2.77. The van der Waals surface area contributed by atoms with Gasteiger partial charge in [0.05, 0.1) is 16.9 Å². The van der Waals surface area contributed by atoms with Crippen LogP contribution in [0.2, 0.25) is 0 Å². The van der Waals surface area contributed by atoms with Gasteiger partial charge in [-0.1, -0.05) is 49.0 Å². The van der Waals surface area contributed by atoms with Crippen molar-refractivity contribution in [3.63, 3.8) is 0 Å². The summed E-state index contributed by atoms with van der Waals surface area (Å²) in [6.07, 6.45) is 1.73. The molecular weight excluding hydrogens is 446 g/mol. The Bertz CT molecular complexity index is 1190. The van der Waals surface area contributed by atoms with Gasteiger partial charge in [-0.25, -0.2) is 0 Å². The quantitative estimate of drug-likeness (QED) is 0.469. The molecule has 2 aromatic carbocycles. The average Bonchev–Trinajstić information content (AvgIpc) is 3.01. The van der Waals surface area contributed by atoms with E-state index >= 15 is 0 Å². The van der Waals surface area contributed by atoms with Crippen LogP contribution in [0.25, 0.3) is 10.9 Å². The van der Waals surface area contributed by atoms with Gasteiger partial charge in [0.25, 0.3) is 0 Å². The SMILES string of the molecule is CCc1cccc(N2C(=O)CSc3c(c4ccccc4n3C)C2C(=O)NCCCOC(C)C)c1. The second kappa shape index (κ2) is 10.7. The predicted molar refractivity (Wildman–Crippen MR) is 138 cm³/mol. The van der Waals surface area contributed by atoms with Gasteiger partial charge in [-0.05, 0) is 50.5 Å². The zero-order valence-corrected chi connectivity index (χ0v) is 21.2. The van der Waals surface area contributed by atoms with E-state index in [2.05, 4.69) is 22.9 Å². The second-order valence-electron chi connectivity index (χ2n) is 8.84. The number of fused-ring (bicyclic) bond motifs is 3. The molecule has 1 N–H and O–H groups in total. The first-order valence-corrected chi connectivity index (χ1v) is 12.9. The van der Waals surface area contributed by atoms with Crippen molar-refractivity contribution in [2.75, 3.05) is 23.8 Å². The molecule has 0 saturated carbocycles. The van der Waals surface area contributed by atoms with Crippen molar-refractivity contribution < 1.29 is 14.3 Å². The summed E-state index contributed by atoms with van der Waals surface area (Å²) < 4.78 is 7.72. The third-order valence-electron chi connectivity index (χ3n) is 6.14. The van der Waals surface area contributed by atoms with Crippen LogP contribution in [-0.2, 0) is 27.8 Å². The monoisotopic (exact) mass is 479 g/mol.